The van der Waals surface area contributed by atoms with Gasteiger partial charge < -0.3 is 0 Å². The third-order valence-corrected chi connectivity index (χ3v) is 2.19. The molecule has 0 aliphatic heterocycles. The first-order valence-corrected chi connectivity index (χ1v) is 6.04. The molecule has 0 aliphatic rings. The number of unbranched alkanes of at least 4 members (excludes halogenated alkanes) is 5. The topological polar surface area (TPSA) is 63.6 Å². The molecule has 82 valence electrons. The van der Waals surface area contributed by atoms with E-state index in [4.69, 9.17) is 4.55 Å². The maximum absolute atomic E-state index is 10.1. The summed E-state index contributed by atoms with van der Waals surface area (Å²) in [6, 6.07) is 0. The van der Waals surface area contributed by atoms with Crippen LogP contribution in [0, 0.1) is 0 Å². The summed E-state index contributed by atoms with van der Waals surface area (Å²) in [6.45, 7) is 2.23. The van der Waals surface area contributed by atoms with Crippen LogP contribution in [0.15, 0.2) is 0 Å². The second-order valence-electron chi connectivity index (χ2n) is 3.02. The van der Waals surface area contributed by atoms with Gasteiger partial charge in [0.05, 0.1) is 6.61 Å². The van der Waals surface area contributed by atoms with Gasteiger partial charge in [-0.05, 0) is 6.42 Å². The average molecular weight is 276 g/mol. The van der Waals surface area contributed by atoms with Gasteiger partial charge >= 0.3 is 10.4 Å². The molecule has 1 N–H and O–H groups in total. The zero-order valence-electron chi connectivity index (χ0n) is 8.74. The molecule has 0 saturated heterocycles. The summed E-state index contributed by atoms with van der Waals surface area (Å²) < 4.78 is 32.6. The Hall–Kier alpha value is 0.493. The van der Waals surface area contributed by atoms with Gasteiger partial charge in [0.15, 0.2) is 0 Å². The fourth-order valence-electron chi connectivity index (χ4n) is 1.05. The summed E-state index contributed by atoms with van der Waals surface area (Å²) in [5.74, 6) is 0. The smallest absolute Gasteiger partial charge is 0.264 e. The van der Waals surface area contributed by atoms with E-state index in [1.807, 2.05) is 0 Å². The minimum Gasteiger partial charge on any atom is -0.264 e. The minimum absolute atomic E-state index is 0. The van der Waals surface area contributed by atoms with Crippen molar-refractivity contribution in [3.05, 3.63) is 0 Å². The van der Waals surface area contributed by atoms with Crippen LogP contribution in [-0.4, -0.2) is 19.6 Å². The molecule has 0 rings (SSSR count). The van der Waals surface area contributed by atoms with Crippen LogP contribution in [0.1, 0.15) is 45.4 Å². The molecule has 0 amide bonds. The van der Waals surface area contributed by atoms with Crippen LogP contribution < -0.4 is 0 Å². The van der Waals surface area contributed by atoms with E-state index in [1.165, 1.54) is 19.3 Å². The Labute approximate surface area is 99.1 Å². The van der Waals surface area contributed by atoms with Gasteiger partial charge in [0.2, 0.25) is 0 Å². The van der Waals surface area contributed by atoms with Crippen molar-refractivity contribution >= 4 is 10.4 Å². The molecule has 0 aromatic heterocycles. The quantitative estimate of drug-likeness (QED) is 0.419. The van der Waals surface area contributed by atoms with Crippen LogP contribution in [-0.2, 0) is 34.1 Å². The Morgan fingerprint density at radius 1 is 1.07 bits per heavy atom. The van der Waals surface area contributed by atoms with Gasteiger partial charge in [-0.2, -0.15) is 8.42 Å². The molecule has 0 spiro atoms. The van der Waals surface area contributed by atoms with Gasteiger partial charge in [-0.15, -0.1) is 0 Å². The maximum atomic E-state index is 10.1. The summed E-state index contributed by atoms with van der Waals surface area (Å²) in [5.41, 5.74) is 0. The van der Waals surface area contributed by atoms with Crippen LogP contribution in [0.3, 0.4) is 0 Å². The van der Waals surface area contributed by atoms with Crippen molar-refractivity contribution in [1.82, 2.24) is 0 Å². The average Bonchev–Trinajstić information content (AvgIpc) is 2.01. The van der Waals surface area contributed by atoms with Crippen molar-refractivity contribution in [2.75, 3.05) is 6.61 Å². The monoisotopic (exact) mass is 274 g/mol. The Balaban J connectivity index is 0. The van der Waals surface area contributed by atoms with Crippen molar-refractivity contribution in [3.63, 3.8) is 0 Å². The summed E-state index contributed by atoms with van der Waals surface area (Å²) in [7, 11) is -4.22. The molecule has 0 heterocycles. The summed E-state index contributed by atoms with van der Waals surface area (Å²) >= 11 is 0. The van der Waals surface area contributed by atoms with Crippen LogP contribution >= 0.6 is 0 Å². The van der Waals surface area contributed by atoms with Crippen LogP contribution in [0.5, 0.6) is 0 Å². The van der Waals surface area contributed by atoms with E-state index in [0.717, 1.165) is 12.8 Å². The second kappa shape index (κ2) is 10.0. The number of rotatable bonds is 8. The molecule has 0 aromatic carbocycles. The van der Waals surface area contributed by atoms with Crippen LogP contribution in [0.4, 0.5) is 0 Å². The molecule has 4 nitrogen and oxygen atoms in total. The molecule has 0 radical (unpaired) electrons. The van der Waals surface area contributed by atoms with Crippen LogP contribution in [0.25, 0.3) is 0 Å². The summed E-state index contributed by atoms with van der Waals surface area (Å²) in [4.78, 5) is 0. The van der Waals surface area contributed by atoms with E-state index in [9.17, 15) is 8.42 Å². The maximum Gasteiger partial charge on any atom is 0.397 e. The summed E-state index contributed by atoms with van der Waals surface area (Å²) in [6.07, 6.45) is 6.34. The van der Waals surface area contributed by atoms with Gasteiger partial charge in [0, 0.05) is 19.5 Å². The first kappa shape index (κ1) is 16.9. The van der Waals surface area contributed by atoms with Crippen LogP contribution in [0.2, 0.25) is 0 Å². The molecule has 0 atom stereocenters. The molecule has 0 unspecified atom stereocenters. The Bertz CT molecular complexity index is 203. The molecular weight excluding hydrogens is 258 g/mol. The third-order valence-electron chi connectivity index (χ3n) is 1.73. The molecule has 0 aromatic rings. The Morgan fingerprint density at radius 2 is 1.57 bits per heavy atom. The van der Waals surface area contributed by atoms with Gasteiger partial charge in [-0.25, -0.2) is 4.18 Å². The van der Waals surface area contributed by atoms with Crippen molar-refractivity contribution in [2.45, 2.75) is 45.4 Å². The molecule has 0 fully saturated rings. The zero-order valence-corrected chi connectivity index (χ0v) is 12.5. The minimum atomic E-state index is -4.22. The molecule has 0 aliphatic carbocycles. The molecule has 0 saturated carbocycles. The predicted molar refractivity (Wildman–Crippen MR) is 50.9 cm³/mol. The first-order valence-electron chi connectivity index (χ1n) is 4.68. The van der Waals surface area contributed by atoms with Crippen molar-refractivity contribution in [1.29, 1.82) is 0 Å². The van der Waals surface area contributed by atoms with Gasteiger partial charge in [0.25, 0.3) is 0 Å². The van der Waals surface area contributed by atoms with Crippen molar-refractivity contribution < 1.29 is 36.6 Å². The van der Waals surface area contributed by atoms with E-state index < -0.39 is 10.4 Å². The Morgan fingerprint density at radius 3 is 2.07 bits per heavy atom. The van der Waals surface area contributed by atoms with E-state index in [2.05, 4.69) is 11.1 Å². The normalized spacial score (nSPS) is 11.0. The number of hydrogen-bond acceptors (Lipinski definition) is 3. The molecule has 14 heavy (non-hydrogen) atoms. The third kappa shape index (κ3) is 15.0. The number of hydrogen-bond donors (Lipinski definition) is 1. The van der Waals surface area contributed by atoms with Crippen molar-refractivity contribution in [3.8, 4) is 0 Å². The predicted octanol–water partition coefficient (Wildman–Crippen LogP) is 2.16. The summed E-state index contributed by atoms with van der Waals surface area (Å²) in [5, 5.41) is 0. The fourth-order valence-corrected chi connectivity index (χ4v) is 1.38. The van der Waals surface area contributed by atoms with Gasteiger partial charge in [0.1, 0.15) is 0 Å². The zero-order chi connectivity index (χ0) is 10.2. The van der Waals surface area contributed by atoms with E-state index >= 15 is 0 Å². The molecule has 0 bridgehead atoms. The molecule has 6 heteroatoms. The van der Waals surface area contributed by atoms with Gasteiger partial charge in [-0.3, -0.25) is 4.55 Å². The standard InChI is InChI=1S/C8H18O4S.Zn/c1-2-3-4-5-6-7-8-12-13(9,10)11;/h2-8H2,1H3,(H,9,10,11);. The first-order chi connectivity index (χ1) is 6.06. The second-order valence-corrected chi connectivity index (χ2v) is 4.11. The van der Waals surface area contributed by atoms with Crippen molar-refractivity contribution in [2.24, 2.45) is 0 Å². The SMILES string of the molecule is CCCCCCCCOS(=O)(=O)O.[Zn]. The fraction of sp³-hybridized carbons (Fsp3) is 1.00. The van der Waals surface area contributed by atoms with E-state index in [0.29, 0.717) is 6.42 Å². The van der Waals surface area contributed by atoms with E-state index in [-0.39, 0.29) is 26.1 Å². The van der Waals surface area contributed by atoms with Gasteiger partial charge in [-0.1, -0.05) is 39.0 Å². The van der Waals surface area contributed by atoms with E-state index in [1.54, 1.807) is 0 Å². The largest absolute Gasteiger partial charge is 0.397 e. The molecular formula is C8H18O4SZn. The Kier molecular flexibility index (Phi) is 12.1.